The molecule has 1 saturated heterocycles. The first-order valence-corrected chi connectivity index (χ1v) is 15.6. The monoisotopic (exact) mass is 587 g/mol. The molecule has 0 aliphatic carbocycles. The number of aromatic nitrogens is 3. The summed E-state index contributed by atoms with van der Waals surface area (Å²) in [6.45, 7) is 13.7. The molecule has 0 unspecified atom stereocenters. The number of fused-ring (bicyclic) bond motifs is 1. The van der Waals surface area contributed by atoms with Crippen LogP contribution < -0.4 is 5.32 Å². The van der Waals surface area contributed by atoms with Gasteiger partial charge in [-0.1, -0.05) is 61.5 Å². The molecule has 44 heavy (non-hydrogen) atoms. The zero-order valence-electron chi connectivity index (χ0n) is 26.2. The van der Waals surface area contributed by atoms with Gasteiger partial charge in [-0.05, 0) is 77.9 Å². The second kappa shape index (κ2) is 13.1. The highest BCUT2D eigenvalue weighted by molar-refractivity contribution is 5.95. The van der Waals surface area contributed by atoms with Crippen LogP contribution in [0, 0.1) is 20.8 Å². The van der Waals surface area contributed by atoms with E-state index in [2.05, 4.69) is 77.2 Å². The summed E-state index contributed by atoms with van der Waals surface area (Å²) >= 11 is 0. The molecular formula is C37H41N5O2. The van der Waals surface area contributed by atoms with Crippen LogP contribution in [0.15, 0.2) is 72.8 Å². The van der Waals surface area contributed by atoms with Crippen molar-refractivity contribution in [2.75, 3.05) is 26.3 Å². The van der Waals surface area contributed by atoms with Gasteiger partial charge in [-0.25, -0.2) is 9.97 Å². The van der Waals surface area contributed by atoms with E-state index in [1.165, 1.54) is 11.1 Å². The summed E-state index contributed by atoms with van der Waals surface area (Å²) in [4.78, 5) is 25.3. The highest BCUT2D eigenvalue weighted by Crippen LogP contribution is 2.28. The predicted molar refractivity (Wildman–Crippen MR) is 176 cm³/mol. The van der Waals surface area contributed by atoms with E-state index in [1.807, 2.05) is 38.1 Å². The van der Waals surface area contributed by atoms with Gasteiger partial charge in [0, 0.05) is 43.9 Å². The van der Waals surface area contributed by atoms with Crippen LogP contribution in [0.3, 0.4) is 0 Å². The van der Waals surface area contributed by atoms with Gasteiger partial charge in [0.05, 0.1) is 19.8 Å². The Bertz CT molecular complexity index is 1780. The number of hydrogen-bond donors (Lipinski definition) is 1. The molecule has 6 rings (SSSR count). The van der Waals surface area contributed by atoms with Crippen molar-refractivity contribution >= 4 is 17.1 Å². The molecule has 0 atom stereocenters. The Kier molecular flexibility index (Phi) is 8.87. The molecule has 0 radical (unpaired) electrons. The number of nitrogens with one attached hydrogen (secondary N) is 1. The Morgan fingerprint density at radius 2 is 1.61 bits per heavy atom. The fourth-order valence-electron chi connectivity index (χ4n) is 6.12. The Hall–Kier alpha value is -4.33. The molecule has 226 valence electrons. The first-order chi connectivity index (χ1) is 21.4. The molecule has 1 N–H and O–H groups in total. The van der Waals surface area contributed by atoms with Crippen LogP contribution in [0.2, 0.25) is 0 Å². The molecule has 1 fully saturated rings. The van der Waals surface area contributed by atoms with Crippen molar-refractivity contribution in [2.45, 2.75) is 53.8 Å². The van der Waals surface area contributed by atoms with E-state index in [0.717, 1.165) is 89.8 Å². The topological polar surface area (TPSA) is 72.3 Å². The number of imidazole rings is 1. The summed E-state index contributed by atoms with van der Waals surface area (Å²) in [5.74, 6) is 0.993. The molecule has 3 heterocycles. The third kappa shape index (κ3) is 6.44. The lowest BCUT2D eigenvalue weighted by Gasteiger charge is -2.27. The molecule has 7 nitrogen and oxygen atoms in total. The lowest BCUT2D eigenvalue weighted by atomic mass is 9.95. The van der Waals surface area contributed by atoms with Crippen LogP contribution >= 0.6 is 0 Å². The Morgan fingerprint density at radius 3 is 2.36 bits per heavy atom. The fraction of sp³-hybridized carbons (Fsp3) is 0.324. The van der Waals surface area contributed by atoms with Crippen LogP contribution in [-0.4, -0.2) is 51.6 Å². The first kappa shape index (κ1) is 29.7. The number of benzene rings is 3. The number of rotatable bonds is 9. The number of aryl methyl sites for hydroxylation is 4. The third-order valence-corrected chi connectivity index (χ3v) is 8.54. The van der Waals surface area contributed by atoms with Gasteiger partial charge < -0.3 is 14.6 Å². The normalized spacial score (nSPS) is 13.8. The van der Waals surface area contributed by atoms with Crippen molar-refractivity contribution in [3.8, 4) is 11.1 Å². The molecule has 1 aliphatic heterocycles. The van der Waals surface area contributed by atoms with Crippen LogP contribution in [0.4, 0.5) is 0 Å². The molecule has 2 aromatic heterocycles. The average molecular weight is 588 g/mol. The maximum atomic E-state index is 13.1. The Labute approximate surface area is 259 Å². The maximum Gasteiger partial charge on any atom is 0.251 e. The molecule has 1 amide bonds. The number of pyridine rings is 1. The first-order valence-electron chi connectivity index (χ1n) is 15.6. The maximum absolute atomic E-state index is 13.1. The molecule has 5 aromatic rings. The molecular weight excluding hydrogens is 546 g/mol. The van der Waals surface area contributed by atoms with Gasteiger partial charge in [-0.15, -0.1) is 0 Å². The smallest absolute Gasteiger partial charge is 0.251 e. The van der Waals surface area contributed by atoms with Crippen LogP contribution in [0.1, 0.15) is 56.6 Å². The quantitative estimate of drug-likeness (QED) is 0.216. The van der Waals surface area contributed by atoms with Crippen molar-refractivity contribution < 1.29 is 9.53 Å². The van der Waals surface area contributed by atoms with Gasteiger partial charge in [0.2, 0.25) is 0 Å². The zero-order valence-corrected chi connectivity index (χ0v) is 26.2. The minimum absolute atomic E-state index is 0.0554. The van der Waals surface area contributed by atoms with E-state index in [0.29, 0.717) is 18.7 Å². The molecule has 0 saturated carbocycles. The number of nitrogens with zero attached hydrogens (tertiary/aromatic N) is 4. The van der Waals surface area contributed by atoms with E-state index in [9.17, 15) is 4.79 Å². The Morgan fingerprint density at radius 1 is 0.864 bits per heavy atom. The highest BCUT2D eigenvalue weighted by atomic mass is 16.5. The number of amides is 1. The van der Waals surface area contributed by atoms with Crippen molar-refractivity contribution in [1.82, 2.24) is 24.8 Å². The second-order valence-corrected chi connectivity index (χ2v) is 11.8. The van der Waals surface area contributed by atoms with Crippen LogP contribution in [0.5, 0.6) is 0 Å². The summed E-state index contributed by atoms with van der Waals surface area (Å²) in [7, 11) is 0. The summed E-state index contributed by atoms with van der Waals surface area (Å²) in [6.07, 6.45) is 0.848. The number of hydrogen-bond acceptors (Lipinski definition) is 5. The van der Waals surface area contributed by atoms with E-state index in [1.54, 1.807) is 0 Å². The lowest BCUT2D eigenvalue weighted by molar-refractivity contribution is 0.0342. The van der Waals surface area contributed by atoms with E-state index in [-0.39, 0.29) is 5.91 Å². The largest absolute Gasteiger partial charge is 0.379 e. The van der Waals surface area contributed by atoms with Crippen LogP contribution in [0.25, 0.3) is 22.3 Å². The van der Waals surface area contributed by atoms with Gasteiger partial charge in [0.15, 0.2) is 5.65 Å². The third-order valence-electron chi connectivity index (χ3n) is 8.54. The van der Waals surface area contributed by atoms with Crippen molar-refractivity contribution in [3.63, 3.8) is 0 Å². The summed E-state index contributed by atoms with van der Waals surface area (Å²) < 4.78 is 7.81. The minimum Gasteiger partial charge on any atom is -0.379 e. The molecule has 0 bridgehead atoms. The number of carbonyl (C=O) groups excluding carboxylic acids is 1. The van der Waals surface area contributed by atoms with E-state index >= 15 is 0 Å². The van der Waals surface area contributed by atoms with E-state index in [4.69, 9.17) is 14.7 Å². The summed E-state index contributed by atoms with van der Waals surface area (Å²) in [6, 6.07) is 25.3. The van der Waals surface area contributed by atoms with E-state index < -0.39 is 0 Å². The summed E-state index contributed by atoms with van der Waals surface area (Å²) in [5, 5.41) is 3.16. The van der Waals surface area contributed by atoms with Gasteiger partial charge in [-0.2, -0.15) is 0 Å². The standard InChI is InChI=1S/C37H41N5O2/c1-5-34-40-35-26(3)20-27(4)39-36(35)42(34)24-28-10-13-30(14-11-28)33-21-29(23-41-16-18-44-19-17-41)12-15-31(33)22-38-37(43)32-9-7-6-8-25(32)2/h6-15,20-21H,5,16-19,22-24H2,1-4H3,(H,38,43). The molecule has 7 heteroatoms. The minimum atomic E-state index is -0.0554. The Balaban J connectivity index is 1.28. The summed E-state index contributed by atoms with van der Waals surface area (Å²) in [5.41, 5.74) is 11.6. The predicted octanol–water partition coefficient (Wildman–Crippen LogP) is 6.40. The number of carbonyl (C=O) groups is 1. The fourth-order valence-corrected chi connectivity index (χ4v) is 6.12. The van der Waals surface area contributed by atoms with Gasteiger partial charge in [-0.3, -0.25) is 9.69 Å². The van der Waals surface area contributed by atoms with Gasteiger partial charge >= 0.3 is 0 Å². The zero-order chi connectivity index (χ0) is 30.6. The SMILES string of the molecule is CCc1nc2c(C)cc(C)nc2n1Cc1ccc(-c2cc(CN3CCOCC3)ccc2CNC(=O)c2ccccc2C)cc1. The van der Waals surface area contributed by atoms with Crippen molar-refractivity contribution in [2.24, 2.45) is 0 Å². The van der Waals surface area contributed by atoms with Crippen molar-refractivity contribution in [1.29, 1.82) is 0 Å². The molecule has 3 aromatic carbocycles. The second-order valence-electron chi connectivity index (χ2n) is 11.8. The number of ether oxygens (including phenoxy) is 1. The average Bonchev–Trinajstić information content (AvgIpc) is 3.38. The van der Waals surface area contributed by atoms with Gasteiger partial charge in [0.25, 0.3) is 5.91 Å². The molecule has 0 spiro atoms. The van der Waals surface area contributed by atoms with Gasteiger partial charge in [0.1, 0.15) is 11.3 Å². The molecule has 1 aliphatic rings. The van der Waals surface area contributed by atoms with Crippen molar-refractivity contribution in [3.05, 3.63) is 118 Å². The van der Waals surface area contributed by atoms with Crippen LogP contribution in [-0.2, 0) is 30.8 Å². The highest BCUT2D eigenvalue weighted by Gasteiger charge is 2.16. The number of morpholine rings is 1. The lowest BCUT2D eigenvalue weighted by Crippen LogP contribution is -2.35.